The minimum Gasteiger partial charge on any atom is -0.504 e. The Kier molecular flexibility index (Phi) is 7.52. The molecule has 0 spiro atoms. The number of hydrogen-bond acceptors (Lipinski definition) is 10. The predicted molar refractivity (Wildman–Crippen MR) is 117 cm³/mol. The molecule has 2 N–H and O–H groups in total. The van der Waals surface area contributed by atoms with Crippen molar-refractivity contribution >= 4 is 23.5 Å². The van der Waals surface area contributed by atoms with Crippen LogP contribution >= 0.6 is 0 Å². The summed E-state index contributed by atoms with van der Waals surface area (Å²) in [4.78, 5) is 58.6. The van der Waals surface area contributed by atoms with Crippen molar-refractivity contribution in [2.75, 3.05) is 14.2 Å². The number of rotatable bonds is 8. The number of esters is 2. The van der Waals surface area contributed by atoms with Crippen molar-refractivity contribution in [1.29, 1.82) is 0 Å². The number of ether oxygens (including phenoxy) is 2. The number of Topliss-reactive ketones (excluding diaryl/α,β-unsaturated/α-hetero) is 2. The fraction of sp³-hybridized carbons (Fsp3) is 0.250. The van der Waals surface area contributed by atoms with Gasteiger partial charge in [0.1, 0.15) is 0 Å². The van der Waals surface area contributed by atoms with Crippen LogP contribution in [0.4, 0.5) is 0 Å². The number of ketones is 2. The summed E-state index contributed by atoms with van der Waals surface area (Å²) in [6, 6.07) is 6.24. The highest BCUT2D eigenvalue weighted by Crippen LogP contribution is 2.40. The van der Waals surface area contributed by atoms with E-state index in [-0.39, 0.29) is 0 Å². The monoisotopic (exact) mass is 466 g/mol. The number of allylic oxidation sites excluding steroid dienone is 2. The molecule has 2 aromatic rings. The van der Waals surface area contributed by atoms with E-state index in [4.69, 9.17) is 9.47 Å². The van der Waals surface area contributed by atoms with Crippen LogP contribution in [0.2, 0.25) is 0 Å². The van der Waals surface area contributed by atoms with Crippen LogP contribution in [0.1, 0.15) is 35.8 Å². The summed E-state index contributed by atoms with van der Waals surface area (Å²) in [5, 5.41) is 21.7. The van der Waals surface area contributed by atoms with Crippen LogP contribution in [0.3, 0.4) is 0 Å². The number of pyridine rings is 2. The van der Waals surface area contributed by atoms with Crippen molar-refractivity contribution in [2.45, 2.75) is 24.7 Å². The van der Waals surface area contributed by atoms with Gasteiger partial charge in [-0.25, -0.2) is 0 Å². The summed E-state index contributed by atoms with van der Waals surface area (Å²) < 4.78 is 9.40. The molecule has 0 aliphatic heterocycles. The Balaban J connectivity index is 2.13. The zero-order chi connectivity index (χ0) is 24.8. The highest BCUT2D eigenvalue weighted by Gasteiger charge is 2.43. The van der Waals surface area contributed by atoms with E-state index in [1.807, 2.05) is 0 Å². The molecule has 0 aromatic carbocycles. The molecule has 2 atom stereocenters. The van der Waals surface area contributed by atoms with Crippen molar-refractivity contribution in [2.24, 2.45) is 0 Å². The van der Waals surface area contributed by atoms with E-state index in [1.54, 1.807) is 24.3 Å². The molecule has 176 valence electrons. The Morgan fingerprint density at radius 2 is 1.18 bits per heavy atom. The molecule has 10 nitrogen and oxygen atoms in total. The van der Waals surface area contributed by atoms with Crippen LogP contribution in [0.15, 0.2) is 71.7 Å². The number of nitrogens with zero attached hydrogens (tertiary/aromatic N) is 2. The van der Waals surface area contributed by atoms with E-state index in [0.717, 1.165) is 14.2 Å². The Morgan fingerprint density at radius 1 is 0.794 bits per heavy atom. The molecule has 0 amide bonds. The molecule has 3 rings (SSSR count). The first-order valence-corrected chi connectivity index (χ1v) is 10.2. The van der Waals surface area contributed by atoms with Gasteiger partial charge < -0.3 is 19.7 Å². The van der Waals surface area contributed by atoms with Crippen molar-refractivity contribution in [1.82, 2.24) is 9.97 Å². The second-order valence-electron chi connectivity index (χ2n) is 7.42. The van der Waals surface area contributed by atoms with Crippen LogP contribution in [0.5, 0.6) is 0 Å². The van der Waals surface area contributed by atoms with Crippen molar-refractivity contribution in [3.8, 4) is 0 Å². The summed E-state index contributed by atoms with van der Waals surface area (Å²) in [6.45, 7) is 0. The largest absolute Gasteiger partial charge is 0.504 e. The Labute approximate surface area is 194 Å². The van der Waals surface area contributed by atoms with E-state index in [1.165, 1.54) is 24.8 Å². The van der Waals surface area contributed by atoms with Gasteiger partial charge in [-0.05, 0) is 23.3 Å². The van der Waals surface area contributed by atoms with Crippen LogP contribution in [-0.2, 0) is 28.7 Å². The Morgan fingerprint density at radius 3 is 1.47 bits per heavy atom. The number of carbonyl (C=O) groups is 4. The van der Waals surface area contributed by atoms with Crippen LogP contribution < -0.4 is 0 Å². The van der Waals surface area contributed by atoms with E-state index >= 15 is 0 Å². The molecule has 1 aliphatic rings. The smallest absolute Gasteiger partial charge is 0.306 e. The quantitative estimate of drug-likeness (QED) is 0.437. The highest BCUT2D eigenvalue weighted by atomic mass is 16.5. The Bertz CT molecular complexity index is 1080. The fourth-order valence-electron chi connectivity index (χ4n) is 3.80. The lowest BCUT2D eigenvalue weighted by Gasteiger charge is -2.27. The zero-order valence-corrected chi connectivity index (χ0v) is 18.4. The standard InChI is InChI=1S/C24H22N2O8/c1-33-17(27)9-15(13-5-3-7-25-11-13)19-21(29)23(31)20(24(32)22(19)30)16(10-18(28)34-2)14-6-4-8-26-12-14/h3-8,11-12,15-16,29,32H,9-10H2,1-2H3/t15-,16-/m0/s1. The molecule has 1 aliphatic carbocycles. The highest BCUT2D eigenvalue weighted by molar-refractivity contribution is 6.24. The molecule has 0 saturated carbocycles. The van der Waals surface area contributed by atoms with Crippen LogP contribution in [0, 0.1) is 0 Å². The minimum atomic E-state index is -1.11. The molecular weight excluding hydrogens is 444 g/mol. The molecule has 0 bridgehead atoms. The minimum absolute atomic E-state index is 0.352. The summed E-state index contributed by atoms with van der Waals surface area (Å²) in [5.74, 6) is -7.61. The maximum Gasteiger partial charge on any atom is 0.306 e. The topological polar surface area (TPSA) is 153 Å². The molecule has 2 heterocycles. The number of aliphatic hydroxyl groups is 2. The van der Waals surface area contributed by atoms with E-state index in [2.05, 4.69) is 9.97 Å². The number of aliphatic hydroxyl groups excluding tert-OH is 2. The maximum absolute atomic E-state index is 13.3. The van der Waals surface area contributed by atoms with E-state index < -0.39 is 70.8 Å². The molecule has 0 radical (unpaired) electrons. The second kappa shape index (κ2) is 10.5. The first-order chi connectivity index (χ1) is 16.3. The van der Waals surface area contributed by atoms with Gasteiger partial charge in [-0.15, -0.1) is 0 Å². The molecule has 0 saturated heterocycles. The molecule has 10 heteroatoms. The van der Waals surface area contributed by atoms with Gasteiger partial charge in [0.15, 0.2) is 11.5 Å². The number of carbonyl (C=O) groups excluding carboxylic acids is 4. The molecule has 2 aromatic heterocycles. The zero-order valence-electron chi connectivity index (χ0n) is 18.4. The van der Waals surface area contributed by atoms with Gasteiger partial charge in [-0.2, -0.15) is 0 Å². The van der Waals surface area contributed by atoms with Crippen molar-refractivity contribution in [3.05, 3.63) is 82.8 Å². The van der Waals surface area contributed by atoms with Gasteiger partial charge in [0.05, 0.1) is 38.2 Å². The average Bonchev–Trinajstić information content (AvgIpc) is 2.87. The number of aromatic nitrogens is 2. The molecular formula is C24H22N2O8. The van der Waals surface area contributed by atoms with Gasteiger partial charge in [0.2, 0.25) is 11.6 Å². The summed E-state index contributed by atoms with van der Waals surface area (Å²) in [5.41, 5.74) is -0.226. The van der Waals surface area contributed by atoms with E-state index in [9.17, 15) is 29.4 Å². The fourth-order valence-corrected chi connectivity index (χ4v) is 3.80. The summed E-state index contributed by atoms with van der Waals surface area (Å²) in [7, 11) is 2.32. The third-order valence-corrected chi connectivity index (χ3v) is 5.50. The van der Waals surface area contributed by atoms with E-state index in [0.29, 0.717) is 11.1 Å². The lowest BCUT2D eigenvalue weighted by molar-refractivity contribution is -0.142. The predicted octanol–water partition coefficient (Wildman–Crippen LogP) is 2.25. The SMILES string of the molecule is COC(=O)C[C@H](C1=C(O)C(=O)C([C@@H](CC(=O)OC)c2cccnc2)=C(O)C1=O)c1cccnc1. The normalized spacial score (nSPS) is 15.7. The van der Waals surface area contributed by atoms with Gasteiger partial charge in [-0.1, -0.05) is 12.1 Å². The third-order valence-electron chi connectivity index (χ3n) is 5.50. The van der Waals surface area contributed by atoms with Crippen LogP contribution in [-0.4, -0.2) is 57.9 Å². The Hall–Kier alpha value is -4.34. The lowest BCUT2D eigenvalue weighted by Crippen LogP contribution is -2.31. The number of hydrogen-bond donors (Lipinski definition) is 2. The lowest BCUT2D eigenvalue weighted by atomic mass is 9.76. The first kappa shape index (κ1) is 24.3. The van der Waals surface area contributed by atoms with Crippen LogP contribution in [0.25, 0.3) is 0 Å². The van der Waals surface area contributed by atoms with Gasteiger partial charge >= 0.3 is 11.9 Å². The molecule has 0 fully saturated rings. The molecule has 0 unspecified atom stereocenters. The maximum atomic E-state index is 13.3. The summed E-state index contributed by atoms with van der Waals surface area (Å²) >= 11 is 0. The molecule has 34 heavy (non-hydrogen) atoms. The van der Waals surface area contributed by atoms with Gasteiger partial charge in [0, 0.05) is 36.6 Å². The van der Waals surface area contributed by atoms with Gasteiger partial charge in [0.25, 0.3) is 0 Å². The van der Waals surface area contributed by atoms with Crippen molar-refractivity contribution < 1.29 is 38.9 Å². The average molecular weight is 466 g/mol. The van der Waals surface area contributed by atoms with Gasteiger partial charge in [-0.3, -0.25) is 29.1 Å². The summed E-state index contributed by atoms with van der Waals surface area (Å²) in [6.07, 6.45) is 4.91. The van der Waals surface area contributed by atoms with Crippen molar-refractivity contribution in [3.63, 3.8) is 0 Å². The third kappa shape index (κ3) is 4.85. The first-order valence-electron chi connectivity index (χ1n) is 10.2. The number of methoxy groups -OCH3 is 2. The second-order valence-corrected chi connectivity index (χ2v) is 7.42.